The van der Waals surface area contributed by atoms with Gasteiger partial charge in [-0.25, -0.2) is 0 Å². The highest BCUT2D eigenvalue weighted by Crippen LogP contribution is 2.24. The summed E-state index contributed by atoms with van der Waals surface area (Å²) in [6.07, 6.45) is 0. The van der Waals surface area contributed by atoms with Crippen molar-refractivity contribution in [2.24, 2.45) is 0 Å². The summed E-state index contributed by atoms with van der Waals surface area (Å²) in [5, 5.41) is 0. The molecule has 7 nitrogen and oxygen atoms in total. The molecule has 2 rings (SSSR count). The Morgan fingerprint density at radius 2 is 1.95 bits per heavy atom. The Hall–Kier alpha value is -1.35. The highest BCUT2D eigenvalue weighted by atomic mass is 32.2. The van der Waals surface area contributed by atoms with E-state index in [0.29, 0.717) is 37.8 Å². The van der Waals surface area contributed by atoms with Gasteiger partial charge in [0.25, 0.3) is 10.2 Å². The van der Waals surface area contributed by atoms with Crippen molar-refractivity contribution in [1.29, 1.82) is 0 Å². The molecule has 1 aromatic rings. The number of rotatable bonds is 6. The Morgan fingerprint density at radius 3 is 2.57 bits per heavy atom. The van der Waals surface area contributed by atoms with Crippen LogP contribution in [0, 0.1) is 0 Å². The lowest BCUT2D eigenvalue weighted by Gasteiger charge is -2.26. The van der Waals surface area contributed by atoms with Crippen LogP contribution in [0.1, 0.15) is 5.56 Å². The van der Waals surface area contributed by atoms with Crippen molar-refractivity contribution >= 4 is 10.2 Å². The fourth-order valence-corrected chi connectivity index (χ4v) is 3.20. The van der Waals surface area contributed by atoms with Crippen LogP contribution in [-0.4, -0.2) is 53.2 Å². The molecule has 0 saturated carbocycles. The van der Waals surface area contributed by atoms with E-state index < -0.39 is 10.2 Å². The average molecular weight is 316 g/mol. The van der Waals surface area contributed by atoms with Gasteiger partial charge in [0.05, 0.1) is 27.4 Å². The molecule has 1 heterocycles. The molecule has 1 saturated heterocycles. The largest absolute Gasteiger partial charge is 0.497 e. The van der Waals surface area contributed by atoms with E-state index >= 15 is 0 Å². The summed E-state index contributed by atoms with van der Waals surface area (Å²) >= 11 is 0. The van der Waals surface area contributed by atoms with E-state index in [2.05, 4.69) is 4.72 Å². The van der Waals surface area contributed by atoms with Gasteiger partial charge in [0.1, 0.15) is 11.5 Å². The van der Waals surface area contributed by atoms with Crippen molar-refractivity contribution in [3.8, 4) is 11.5 Å². The van der Waals surface area contributed by atoms with Gasteiger partial charge in [0, 0.05) is 31.3 Å². The van der Waals surface area contributed by atoms with E-state index in [1.54, 1.807) is 25.3 Å². The van der Waals surface area contributed by atoms with Crippen molar-refractivity contribution in [3.05, 3.63) is 23.8 Å². The number of hydrogen-bond donors (Lipinski definition) is 1. The van der Waals surface area contributed by atoms with E-state index in [0.717, 1.165) is 5.56 Å². The summed E-state index contributed by atoms with van der Waals surface area (Å²) in [5.74, 6) is 1.24. The van der Waals surface area contributed by atoms with E-state index in [9.17, 15) is 8.42 Å². The zero-order valence-corrected chi connectivity index (χ0v) is 13.0. The minimum absolute atomic E-state index is 0.160. The molecule has 1 N–H and O–H groups in total. The van der Waals surface area contributed by atoms with Crippen LogP contribution in [-0.2, 0) is 21.5 Å². The van der Waals surface area contributed by atoms with Gasteiger partial charge in [-0.2, -0.15) is 17.4 Å². The Morgan fingerprint density at radius 1 is 1.24 bits per heavy atom. The normalized spacial score (nSPS) is 16.7. The van der Waals surface area contributed by atoms with E-state index in [1.165, 1.54) is 11.4 Å². The molecular formula is C13H20N2O5S. The molecule has 118 valence electrons. The van der Waals surface area contributed by atoms with E-state index in [1.807, 2.05) is 0 Å². The fraction of sp³-hybridized carbons (Fsp3) is 0.538. The third-order valence-corrected chi connectivity index (χ3v) is 4.80. The van der Waals surface area contributed by atoms with E-state index in [-0.39, 0.29) is 6.54 Å². The summed E-state index contributed by atoms with van der Waals surface area (Å²) in [6, 6.07) is 5.26. The smallest absolute Gasteiger partial charge is 0.279 e. The van der Waals surface area contributed by atoms with Gasteiger partial charge in [-0.3, -0.25) is 0 Å². The summed E-state index contributed by atoms with van der Waals surface area (Å²) in [4.78, 5) is 0. The molecule has 0 amide bonds. The first-order valence-corrected chi connectivity index (χ1v) is 8.04. The molecule has 0 unspecified atom stereocenters. The number of benzene rings is 1. The topological polar surface area (TPSA) is 77.1 Å². The van der Waals surface area contributed by atoms with Gasteiger partial charge in [-0.05, 0) is 6.07 Å². The maximum Gasteiger partial charge on any atom is 0.279 e. The van der Waals surface area contributed by atoms with Gasteiger partial charge in [-0.15, -0.1) is 0 Å². The number of morpholine rings is 1. The number of hydrogen-bond acceptors (Lipinski definition) is 5. The lowest BCUT2D eigenvalue weighted by molar-refractivity contribution is 0.0724. The Labute approximate surface area is 125 Å². The zero-order chi connectivity index (χ0) is 15.3. The molecule has 1 aliphatic heterocycles. The highest BCUT2D eigenvalue weighted by Gasteiger charge is 2.24. The Bertz CT molecular complexity index is 570. The predicted octanol–water partition coefficient (Wildman–Crippen LogP) is 0.370. The van der Waals surface area contributed by atoms with Crippen LogP contribution >= 0.6 is 0 Å². The second kappa shape index (κ2) is 7.08. The Kier molecular flexibility index (Phi) is 5.40. The van der Waals surface area contributed by atoms with Gasteiger partial charge in [0.15, 0.2) is 0 Å². The molecule has 1 aliphatic rings. The van der Waals surface area contributed by atoms with Crippen LogP contribution in [0.25, 0.3) is 0 Å². The summed E-state index contributed by atoms with van der Waals surface area (Å²) in [5.41, 5.74) is 0.745. The molecule has 0 aliphatic carbocycles. The van der Waals surface area contributed by atoms with Crippen molar-refractivity contribution in [1.82, 2.24) is 9.03 Å². The third-order valence-electron chi connectivity index (χ3n) is 3.25. The van der Waals surface area contributed by atoms with Crippen LogP contribution in [0.5, 0.6) is 11.5 Å². The second-order valence-corrected chi connectivity index (χ2v) is 6.27. The number of nitrogens with zero attached hydrogens (tertiary/aromatic N) is 1. The molecule has 1 fully saturated rings. The minimum Gasteiger partial charge on any atom is -0.497 e. The number of methoxy groups -OCH3 is 2. The maximum absolute atomic E-state index is 12.2. The maximum atomic E-state index is 12.2. The van der Waals surface area contributed by atoms with Crippen molar-refractivity contribution in [2.45, 2.75) is 6.54 Å². The second-order valence-electron chi connectivity index (χ2n) is 4.52. The van der Waals surface area contributed by atoms with Gasteiger partial charge in [0.2, 0.25) is 0 Å². The molecular weight excluding hydrogens is 296 g/mol. The minimum atomic E-state index is -3.51. The summed E-state index contributed by atoms with van der Waals surface area (Å²) in [6.45, 7) is 1.75. The first-order valence-electron chi connectivity index (χ1n) is 6.60. The SMILES string of the molecule is COc1ccc(CNS(=O)(=O)N2CCOCC2)c(OC)c1. The molecule has 1 aromatic carbocycles. The first-order chi connectivity index (χ1) is 10.1. The zero-order valence-electron chi connectivity index (χ0n) is 12.2. The van der Waals surface area contributed by atoms with Crippen LogP contribution < -0.4 is 14.2 Å². The van der Waals surface area contributed by atoms with E-state index in [4.69, 9.17) is 14.2 Å². The average Bonchev–Trinajstić information content (AvgIpc) is 2.53. The highest BCUT2D eigenvalue weighted by molar-refractivity contribution is 7.87. The molecule has 0 atom stereocenters. The number of ether oxygens (including phenoxy) is 3. The van der Waals surface area contributed by atoms with Crippen LogP contribution in [0.4, 0.5) is 0 Å². The molecule has 0 bridgehead atoms. The van der Waals surface area contributed by atoms with Gasteiger partial charge in [-0.1, -0.05) is 6.07 Å². The molecule has 8 heteroatoms. The lowest BCUT2D eigenvalue weighted by Crippen LogP contribution is -2.46. The van der Waals surface area contributed by atoms with Gasteiger partial charge < -0.3 is 14.2 Å². The van der Waals surface area contributed by atoms with Crippen LogP contribution in [0.3, 0.4) is 0 Å². The molecule has 0 spiro atoms. The van der Waals surface area contributed by atoms with Crippen LogP contribution in [0.2, 0.25) is 0 Å². The number of nitrogens with one attached hydrogen (secondary N) is 1. The molecule has 0 aromatic heterocycles. The molecule has 0 radical (unpaired) electrons. The fourth-order valence-electron chi connectivity index (χ4n) is 2.05. The van der Waals surface area contributed by atoms with Crippen molar-refractivity contribution in [3.63, 3.8) is 0 Å². The summed E-state index contributed by atoms with van der Waals surface area (Å²) < 4.78 is 43.8. The first kappa shape index (κ1) is 16.0. The molecule has 21 heavy (non-hydrogen) atoms. The quantitative estimate of drug-likeness (QED) is 0.820. The third kappa shape index (κ3) is 4.07. The Balaban J connectivity index is 2.05. The van der Waals surface area contributed by atoms with Crippen LogP contribution in [0.15, 0.2) is 18.2 Å². The monoisotopic (exact) mass is 316 g/mol. The standard InChI is InChI=1S/C13H20N2O5S/c1-18-12-4-3-11(13(9-12)19-2)10-14-21(16,17)15-5-7-20-8-6-15/h3-4,9,14H,5-8,10H2,1-2H3. The van der Waals surface area contributed by atoms with Gasteiger partial charge >= 0.3 is 0 Å². The lowest BCUT2D eigenvalue weighted by atomic mass is 10.2. The predicted molar refractivity (Wildman–Crippen MR) is 77.7 cm³/mol. The van der Waals surface area contributed by atoms with Crippen molar-refractivity contribution < 1.29 is 22.6 Å². The summed E-state index contributed by atoms with van der Waals surface area (Å²) in [7, 11) is -0.404. The van der Waals surface area contributed by atoms with Crippen molar-refractivity contribution in [2.75, 3.05) is 40.5 Å².